The lowest BCUT2D eigenvalue weighted by Gasteiger charge is -2.06. The van der Waals surface area contributed by atoms with Gasteiger partial charge in [0.15, 0.2) is 0 Å². The normalized spacial score (nSPS) is 10.3. The highest BCUT2D eigenvalue weighted by Crippen LogP contribution is 2.28. The minimum atomic E-state index is -0.356. The van der Waals surface area contributed by atoms with Crippen LogP contribution in [0.5, 0.6) is 11.6 Å². The maximum Gasteiger partial charge on any atom is 0.238 e. The van der Waals surface area contributed by atoms with Crippen molar-refractivity contribution in [3.63, 3.8) is 0 Å². The van der Waals surface area contributed by atoms with E-state index in [1.54, 1.807) is 12.1 Å². The fourth-order valence-electron chi connectivity index (χ4n) is 1.16. The molecule has 0 amide bonds. The van der Waals surface area contributed by atoms with Gasteiger partial charge in [0.1, 0.15) is 11.6 Å². The number of halogens is 2. The van der Waals surface area contributed by atoms with E-state index in [0.717, 1.165) is 0 Å². The minimum absolute atomic E-state index is 0.173. The Morgan fingerprint density at radius 2 is 2.06 bits per heavy atom. The van der Waals surface area contributed by atoms with Gasteiger partial charge in [-0.1, -0.05) is 0 Å². The predicted molar refractivity (Wildman–Crippen MR) is 62.1 cm³/mol. The molecule has 0 atom stereocenters. The zero-order chi connectivity index (χ0) is 12.3. The first kappa shape index (κ1) is 11.9. The Labute approximate surface area is 105 Å². The summed E-state index contributed by atoms with van der Waals surface area (Å²) in [6, 6.07) is 7.25. The monoisotopic (exact) mass is 298 g/mol. The molecule has 0 bridgehead atoms. The molecule has 0 unspecified atom stereocenters. The summed E-state index contributed by atoms with van der Waals surface area (Å²) in [5.74, 6) is 0.359. The average Bonchev–Trinajstić information content (AvgIpc) is 2.34. The molecule has 1 aromatic heterocycles. The first-order chi connectivity index (χ1) is 8.19. The van der Waals surface area contributed by atoms with Gasteiger partial charge in [-0.15, -0.1) is 10.2 Å². The summed E-state index contributed by atoms with van der Waals surface area (Å²) in [6.07, 6.45) is 0. The van der Waals surface area contributed by atoms with Gasteiger partial charge in [-0.2, -0.15) is 0 Å². The second kappa shape index (κ2) is 5.20. The third-order valence-electron chi connectivity index (χ3n) is 1.97. The van der Waals surface area contributed by atoms with E-state index >= 15 is 0 Å². The molecule has 0 aliphatic heterocycles. The van der Waals surface area contributed by atoms with Crippen molar-refractivity contribution in [2.45, 2.75) is 6.61 Å². The molecule has 88 valence electrons. The summed E-state index contributed by atoms with van der Waals surface area (Å²) in [7, 11) is 0. The van der Waals surface area contributed by atoms with Crippen molar-refractivity contribution in [2.75, 3.05) is 0 Å². The Morgan fingerprint density at radius 3 is 2.65 bits per heavy atom. The molecule has 0 aliphatic rings. The smallest absolute Gasteiger partial charge is 0.238 e. The van der Waals surface area contributed by atoms with Crippen LogP contribution >= 0.6 is 15.9 Å². The molecule has 1 N–H and O–H groups in total. The highest BCUT2D eigenvalue weighted by atomic mass is 79.9. The number of aliphatic hydroxyl groups excluding tert-OH is 1. The summed E-state index contributed by atoms with van der Waals surface area (Å²) in [5.41, 5.74) is 0.454. The molecule has 0 fully saturated rings. The summed E-state index contributed by atoms with van der Waals surface area (Å²) < 4.78 is 18.7. The van der Waals surface area contributed by atoms with Gasteiger partial charge in [-0.3, -0.25) is 0 Å². The van der Waals surface area contributed by atoms with Gasteiger partial charge >= 0.3 is 0 Å². The molecule has 0 saturated heterocycles. The van der Waals surface area contributed by atoms with Crippen LogP contribution in [0.1, 0.15) is 5.69 Å². The van der Waals surface area contributed by atoms with Crippen LogP contribution in [0.2, 0.25) is 0 Å². The second-order valence-corrected chi connectivity index (χ2v) is 4.05. The van der Waals surface area contributed by atoms with Gasteiger partial charge in [0.25, 0.3) is 0 Å². The standard InChI is InChI=1S/C11H8BrFN2O2/c12-9-5-7(13)1-3-10(9)17-11-4-2-8(6-16)14-15-11/h1-5,16H,6H2. The number of benzene rings is 1. The minimum Gasteiger partial charge on any atom is -0.436 e. The summed E-state index contributed by atoms with van der Waals surface area (Å²) >= 11 is 3.18. The molecule has 1 heterocycles. The maximum absolute atomic E-state index is 12.8. The molecule has 0 aliphatic carbocycles. The number of hydrogen-bond donors (Lipinski definition) is 1. The number of hydrogen-bond acceptors (Lipinski definition) is 4. The Balaban J connectivity index is 2.19. The zero-order valence-electron chi connectivity index (χ0n) is 8.60. The lowest BCUT2D eigenvalue weighted by Crippen LogP contribution is -1.95. The third kappa shape index (κ3) is 2.98. The van der Waals surface area contributed by atoms with Gasteiger partial charge in [0.05, 0.1) is 16.8 Å². The SMILES string of the molecule is OCc1ccc(Oc2ccc(F)cc2Br)nn1. The summed E-state index contributed by atoms with van der Waals surface area (Å²) in [5, 5.41) is 16.3. The summed E-state index contributed by atoms with van der Waals surface area (Å²) in [6.45, 7) is -0.173. The molecule has 6 heteroatoms. The van der Waals surface area contributed by atoms with Crippen molar-refractivity contribution in [1.82, 2.24) is 10.2 Å². The lowest BCUT2D eigenvalue weighted by atomic mass is 10.3. The van der Waals surface area contributed by atoms with Crippen molar-refractivity contribution in [1.29, 1.82) is 0 Å². The van der Waals surface area contributed by atoms with Gasteiger partial charge in [0.2, 0.25) is 5.88 Å². The van der Waals surface area contributed by atoms with Crippen LogP contribution in [-0.2, 0) is 6.61 Å². The van der Waals surface area contributed by atoms with E-state index in [-0.39, 0.29) is 18.3 Å². The van der Waals surface area contributed by atoms with Crippen LogP contribution in [0.4, 0.5) is 4.39 Å². The fourth-order valence-corrected chi connectivity index (χ4v) is 1.59. The topological polar surface area (TPSA) is 55.2 Å². The van der Waals surface area contributed by atoms with Crippen molar-refractivity contribution in [2.24, 2.45) is 0 Å². The Kier molecular flexibility index (Phi) is 3.65. The number of ether oxygens (including phenoxy) is 1. The van der Waals surface area contributed by atoms with Crippen LogP contribution in [-0.4, -0.2) is 15.3 Å². The van der Waals surface area contributed by atoms with Crippen molar-refractivity contribution >= 4 is 15.9 Å². The fraction of sp³-hybridized carbons (Fsp3) is 0.0909. The zero-order valence-corrected chi connectivity index (χ0v) is 10.2. The van der Waals surface area contributed by atoms with Crippen LogP contribution in [0.25, 0.3) is 0 Å². The van der Waals surface area contributed by atoms with E-state index in [4.69, 9.17) is 9.84 Å². The molecule has 0 radical (unpaired) electrons. The van der Waals surface area contributed by atoms with Crippen molar-refractivity contribution in [3.05, 3.63) is 46.3 Å². The van der Waals surface area contributed by atoms with Gasteiger partial charge in [-0.05, 0) is 40.2 Å². The van der Waals surface area contributed by atoms with Gasteiger partial charge < -0.3 is 9.84 Å². The van der Waals surface area contributed by atoms with Gasteiger partial charge in [-0.25, -0.2) is 4.39 Å². The van der Waals surface area contributed by atoms with Crippen LogP contribution in [0.3, 0.4) is 0 Å². The predicted octanol–water partition coefficient (Wildman–Crippen LogP) is 2.66. The van der Waals surface area contributed by atoms with E-state index in [1.165, 1.54) is 18.2 Å². The molecule has 2 rings (SSSR count). The van der Waals surface area contributed by atoms with Crippen LogP contribution in [0, 0.1) is 5.82 Å². The number of nitrogens with zero attached hydrogens (tertiary/aromatic N) is 2. The quantitative estimate of drug-likeness (QED) is 0.946. The van der Waals surface area contributed by atoms with Gasteiger partial charge in [0, 0.05) is 6.07 Å². The lowest BCUT2D eigenvalue weighted by molar-refractivity contribution is 0.274. The average molecular weight is 299 g/mol. The third-order valence-corrected chi connectivity index (χ3v) is 2.59. The number of rotatable bonds is 3. The number of aliphatic hydroxyl groups is 1. The molecule has 2 aromatic rings. The first-order valence-corrected chi connectivity index (χ1v) is 5.54. The molecular weight excluding hydrogens is 291 g/mol. The molecule has 17 heavy (non-hydrogen) atoms. The van der Waals surface area contributed by atoms with E-state index in [1.807, 2.05) is 0 Å². The largest absolute Gasteiger partial charge is 0.436 e. The molecule has 4 nitrogen and oxygen atoms in total. The molecule has 1 aromatic carbocycles. The van der Waals surface area contributed by atoms with E-state index in [9.17, 15) is 4.39 Å². The maximum atomic E-state index is 12.8. The van der Waals surface area contributed by atoms with Crippen molar-refractivity contribution in [3.8, 4) is 11.6 Å². The Bertz CT molecular complexity index is 519. The highest BCUT2D eigenvalue weighted by molar-refractivity contribution is 9.10. The molecular formula is C11H8BrFN2O2. The number of aromatic nitrogens is 2. The van der Waals surface area contributed by atoms with Crippen LogP contribution < -0.4 is 4.74 Å². The first-order valence-electron chi connectivity index (χ1n) is 4.75. The van der Waals surface area contributed by atoms with Crippen LogP contribution in [0.15, 0.2) is 34.8 Å². The van der Waals surface area contributed by atoms with E-state index in [0.29, 0.717) is 15.9 Å². The highest BCUT2D eigenvalue weighted by Gasteiger charge is 2.05. The van der Waals surface area contributed by atoms with E-state index < -0.39 is 0 Å². The second-order valence-electron chi connectivity index (χ2n) is 3.20. The molecule has 0 saturated carbocycles. The summed E-state index contributed by atoms with van der Waals surface area (Å²) in [4.78, 5) is 0. The van der Waals surface area contributed by atoms with Crippen molar-refractivity contribution < 1.29 is 14.2 Å². The Morgan fingerprint density at radius 1 is 1.24 bits per heavy atom. The van der Waals surface area contributed by atoms with E-state index in [2.05, 4.69) is 26.1 Å². The Hall–Kier alpha value is -1.53. The molecule has 0 spiro atoms.